The van der Waals surface area contributed by atoms with Crippen molar-refractivity contribution >= 4 is 0 Å². The maximum absolute atomic E-state index is 5.16. The SMILES string of the molecule is CCOCCOc1ccco1. The summed E-state index contributed by atoms with van der Waals surface area (Å²) in [5.41, 5.74) is 0. The van der Waals surface area contributed by atoms with Crippen LogP contribution in [0.25, 0.3) is 0 Å². The lowest BCUT2D eigenvalue weighted by Crippen LogP contribution is -2.05. The molecule has 0 unspecified atom stereocenters. The minimum absolute atomic E-state index is 0.543. The standard InChI is InChI=1S/C8H12O3/c1-2-9-6-7-11-8-4-3-5-10-8/h3-5H,2,6-7H2,1H3. The topological polar surface area (TPSA) is 31.6 Å². The Morgan fingerprint density at radius 3 is 3.00 bits per heavy atom. The predicted octanol–water partition coefficient (Wildman–Crippen LogP) is 1.69. The number of hydrogen-bond donors (Lipinski definition) is 0. The molecule has 0 saturated heterocycles. The Morgan fingerprint density at radius 2 is 2.36 bits per heavy atom. The van der Waals surface area contributed by atoms with Gasteiger partial charge in [-0.1, -0.05) is 0 Å². The molecule has 0 atom stereocenters. The van der Waals surface area contributed by atoms with Crippen LogP contribution >= 0.6 is 0 Å². The molecule has 0 radical (unpaired) electrons. The van der Waals surface area contributed by atoms with E-state index in [1.54, 1.807) is 18.4 Å². The fourth-order valence-electron chi connectivity index (χ4n) is 0.691. The maximum atomic E-state index is 5.16. The van der Waals surface area contributed by atoms with Crippen molar-refractivity contribution < 1.29 is 13.9 Å². The van der Waals surface area contributed by atoms with Crippen molar-refractivity contribution in [3.05, 3.63) is 18.4 Å². The van der Waals surface area contributed by atoms with Gasteiger partial charge in [0.2, 0.25) is 0 Å². The molecule has 3 heteroatoms. The molecular formula is C8H12O3. The summed E-state index contributed by atoms with van der Waals surface area (Å²) in [5.74, 6) is 0.546. The van der Waals surface area contributed by atoms with Gasteiger partial charge in [0, 0.05) is 12.7 Å². The van der Waals surface area contributed by atoms with Gasteiger partial charge < -0.3 is 13.9 Å². The third-order valence-corrected chi connectivity index (χ3v) is 1.17. The highest BCUT2D eigenvalue weighted by molar-refractivity contribution is 5.03. The van der Waals surface area contributed by atoms with Crippen LogP contribution in [0.5, 0.6) is 5.95 Å². The second-order valence-electron chi connectivity index (χ2n) is 1.98. The van der Waals surface area contributed by atoms with Gasteiger partial charge in [-0.3, -0.25) is 0 Å². The zero-order valence-electron chi connectivity index (χ0n) is 6.58. The molecule has 1 rings (SSSR count). The summed E-state index contributed by atoms with van der Waals surface area (Å²) in [4.78, 5) is 0. The van der Waals surface area contributed by atoms with E-state index in [0.29, 0.717) is 19.2 Å². The normalized spacial score (nSPS) is 9.91. The molecule has 0 saturated carbocycles. The second-order valence-corrected chi connectivity index (χ2v) is 1.98. The van der Waals surface area contributed by atoms with Crippen molar-refractivity contribution in [2.24, 2.45) is 0 Å². The smallest absolute Gasteiger partial charge is 0.284 e. The van der Waals surface area contributed by atoms with Gasteiger partial charge in [-0.25, -0.2) is 0 Å². The summed E-state index contributed by atoms with van der Waals surface area (Å²) >= 11 is 0. The van der Waals surface area contributed by atoms with Crippen LogP contribution in [0, 0.1) is 0 Å². The highest BCUT2D eigenvalue weighted by Gasteiger charge is 1.93. The van der Waals surface area contributed by atoms with Crippen LogP contribution in [0.2, 0.25) is 0 Å². The molecule has 0 aliphatic rings. The first-order chi connectivity index (χ1) is 5.43. The third kappa shape index (κ3) is 3.09. The van der Waals surface area contributed by atoms with Crippen LogP contribution in [-0.4, -0.2) is 19.8 Å². The van der Waals surface area contributed by atoms with Crippen LogP contribution in [0.1, 0.15) is 6.92 Å². The zero-order valence-corrected chi connectivity index (χ0v) is 6.58. The Hall–Kier alpha value is -0.960. The molecule has 11 heavy (non-hydrogen) atoms. The molecule has 1 aromatic rings. The lowest BCUT2D eigenvalue weighted by molar-refractivity contribution is 0.0994. The quantitative estimate of drug-likeness (QED) is 0.608. The fourth-order valence-corrected chi connectivity index (χ4v) is 0.691. The lowest BCUT2D eigenvalue weighted by Gasteiger charge is -2.01. The van der Waals surface area contributed by atoms with Crippen molar-refractivity contribution in [1.29, 1.82) is 0 Å². The molecule has 0 bridgehead atoms. The van der Waals surface area contributed by atoms with E-state index in [1.165, 1.54) is 0 Å². The van der Waals surface area contributed by atoms with E-state index in [-0.39, 0.29) is 0 Å². The first-order valence-corrected chi connectivity index (χ1v) is 3.67. The molecule has 0 N–H and O–H groups in total. The molecule has 62 valence electrons. The summed E-state index contributed by atoms with van der Waals surface area (Å²) in [7, 11) is 0. The van der Waals surface area contributed by atoms with Crippen molar-refractivity contribution in [3.8, 4) is 5.95 Å². The van der Waals surface area contributed by atoms with E-state index in [4.69, 9.17) is 13.9 Å². The summed E-state index contributed by atoms with van der Waals surface area (Å²) in [6, 6.07) is 3.56. The molecule has 0 aromatic carbocycles. The maximum Gasteiger partial charge on any atom is 0.284 e. The lowest BCUT2D eigenvalue weighted by atomic mass is 10.6. The predicted molar refractivity (Wildman–Crippen MR) is 40.7 cm³/mol. The fraction of sp³-hybridized carbons (Fsp3) is 0.500. The van der Waals surface area contributed by atoms with Crippen LogP contribution in [0.4, 0.5) is 0 Å². The van der Waals surface area contributed by atoms with E-state index >= 15 is 0 Å². The average Bonchev–Trinajstić information content (AvgIpc) is 2.50. The van der Waals surface area contributed by atoms with Crippen molar-refractivity contribution in [2.45, 2.75) is 6.92 Å². The molecule has 0 spiro atoms. The number of furan rings is 1. The van der Waals surface area contributed by atoms with Crippen molar-refractivity contribution in [3.63, 3.8) is 0 Å². The first-order valence-electron chi connectivity index (χ1n) is 3.67. The molecule has 0 aliphatic carbocycles. The highest BCUT2D eigenvalue weighted by Crippen LogP contribution is 2.08. The van der Waals surface area contributed by atoms with Crippen molar-refractivity contribution in [1.82, 2.24) is 0 Å². The summed E-state index contributed by atoms with van der Waals surface area (Å²) in [5, 5.41) is 0. The zero-order chi connectivity index (χ0) is 7.94. The number of hydrogen-bond acceptors (Lipinski definition) is 3. The molecule has 0 fully saturated rings. The highest BCUT2D eigenvalue weighted by atomic mass is 16.6. The Morgan fingerprint density at radius 1 is 1.45 bits per heavy atom. The summed E-state index contributed by atoms with van der Waals surface area (Å²) in [6.45, 7) is 3.83. The minimum atomic E-state index is 0.543. The Bertz CT molecular complexity index is 169. The van der Waals surface area contributed by atoms with Gasteiger partial charge in [-0.15, -0.1) is 0 Å². The monoisotopic (exact) mass is 156 g/mol. The summed E-state index contributed by atoms with van der Waals surface area (Å²) in [6.07, 6.45) is 1.58. The van der Waals surface area contributed by atoms with Gasteiger partial charge in [0.1, 0.15) is 6.61 Å². The van der Waals surface area contributed by atoms with Crippen LogP contribution in [0.3, 0.4) is 0 Å². The number of ether oxygens (including phenoxy) is 2. The molecule has 0 amide bonds. The van der Waals surface area contributed by atoms with Crippen LogP contribution in [-0.2, 0) is 4.74 Å². The van der Waals surface area contributed by atoms with Gasteiger partial charge in [-0.05, 0) is 13.0 Å². The third-order valence-electron chi connectivity index (χ3n) is 1.17. The van der Waals surface area contributed by atoms with Crippen molar-refractivity contribution in [2.75, 3.05) is 19.8 Å². The largest absolute Gasteiger partial charge is 0.463 e. The Balaban J connectivity index is 2.04. The molecule has 1 aromatic heterocycles. The second kappa shape index (κ2) is 4.79. The van der Waals surface area contributed by atoms with Gasteiger partial charge in [0.05, 0.1) is 12.9 Å². The summed E-state index contributed by atoms with van der Waals surface area (Å²) < 4.78 is 15.2. The molecular weight excluding hydrogens is 144 g/mol. The molecule has 1 heterocycles. The van der Waals surface area contributed by atoms with Gasteiger partial charge in [0.15, 0.2) is 0 Å². The van der Waals surface area contributed by atoms with E-state index in [2.05, 4.69) is 0 Å². The van der Waals surface area contributed by atoms with Gasteiger partial charge in [0.25, 0.3) is 5.95 Å². The van der Waals surface area contributed by atoms with Gasteiger partial charge >= 0.3 is 0 Å². The number of rotatable bonds is 5. The van der Waals surface area contributed by atoms with Crippen LogP contribution in [0.15, 0.2) is 22.8 Å². The van der Waals surface area contributed by atoms with E-state index in [0.717, 1.165) is 6.61 Å². The van der Waals surface area contributed by atoms with E-state index in [1.807, 2.05) is 6.92 Å². The van der Waals surface area contributed by atoms with Gasteiger partial charge in [-0.2, -0.15) is 0 Å². The average molecular weight is 156 g/mol. The van der Waals surface area contributed by atoms with Crippen LogP contribution < -0.4 is 4.74 Å². The first kappa shape index (κ1) is 8.14. The Labute approximate surface area is 65.9 Å². The molecule has 3 nitrogen and oxygen atoms in total. The molecule has 0 aliphatic heterocycles. The Kier molecular flexibility index (Phi) is 3.55. The minimum Gasteiger partial charge on any atom is -0.463 e. The van der Waals surface area contributed by atoms with E-state index in [9.17, 15) is 0 Å². The van der Waals surface area contributed by atoms with E-state index < -0.39 is 0 Å².